The predicted molar refractivity (Wildman–Crippen MR) is 145 cm³/mol. The van der Waals surface area contributed by atoms with E-state index in [9.17, 15) is 13.2 Å². The molecule has 36 heavy (non-hydrogen) atoms. The number of thiophene rings is 1. The molecule has 1 amide bonds. The minimum atomic E-state index is -3.61. The van der Waals surface area contributed by atoms with Crippen molar-refractivity contribution in [3.8, 4) is 0 Å². The number of amides is 1. The average Bonchev–Trinajstić information content (AvgIpc) is 3.50. The highest BCUT2D eigenvalue weighted by Gasteiger charge is 2.35. The van der Waals surface area contributed by atoms with Crippen LogP contribution in [0.4, 0.5) is 5.13 Å². The van der Waals surface area contributed by atoms with Crippen molar-refractivity contribution in [3.05, 3.63) is 69.8 Å². The number of aromatic nitrogens is 2. The van der Waals surface area contributed by atoms with Gasteiger partial charge in [-0.25, -0.2) is 13.4 Å². The van der Waals surface area contributed by atoms with Crippen LogP contribution in [-0.2, 0) is 21.4 Å². The van der Waals surface area contributed by atoms with E-state index in [0.717, 1.165) is 38.2 Å². The third-order valence-corrected chi connectivity index (χ3v) is 11.1. The van der Waals surface area contributed by atoms with Crippen LogP contribution in [0, 0.1) is 19.8 Å². The number of hydrogen-bond acceptors (Lipinski definition) is 7. The van der Waals surface area contributed by atoms with E-state index >= 15 is 0 Å². The first-order chi connectivity index (χ1) is 17.2. The lowest BCUT2D eigenvalue weighted by Crippen LogP contribution is -2.44. The van der Waals surface area contributed by atoms with Crippen molar-refractivity contribution < 1.29 is 13.2 Å². The van der Waals surface area contributed by atoms with Crippen LogP contribution in [0.2, 0.25) is 4.34 Å². The molecular weight excluding hydrogens is 536 g/mol. The number of rotatable bonds is 6. The molecule has 7 nitrogen and oxygen atoms in total. The van der Waals surface area contributed by atoms with Crippen molar-refractivity contribution in [1.29, 1.82) is 0 Å². The van der Waals surface area contributed by atoms with Crippen LogP contribution in [0.1, 0.15) is 29.5 Å². The highest BCUT2D eigenvalue weighted by atomic mass is 35.5. The standard InChI is InChI=1S/C25H25ClN4O3S3/c1-16-12-17(2)23-20(13-16)28-25(35-23)30(15-18-4-3-9-27-14-18)24(31)19-7-10-29(11-8-19)36(32,33)22-6-5-21(26)34-22/h3-6,9,12-14,19H,7-8,10-11,15H2,1-2H3. The second-order valence-electron chi connectivity index (χ2n) is 8.95. The lowest BCUT2D eigenvalue weighted by atomic mass is 9.96. The highest BCUT2D eigenvalue weighted by molar-refractivity contribution is 7.91. The lowest BCUT2D eigenvalue weighted by Gasteiger charge is -2.32. The quantitative estimate of drug-likeness (QED) is 0.304. The van der Waals surface area contributed by atoms with Crippen LogP contribution in [0.25, 0.3) is 10.2 Å². The number of thiazole rings is 1. The molecular formula is C25H25ClN4O3S3. The van der Waals surface area contributed by atoms with Crippen LogP contribution in [0.15, 0.2) is 53.0 Å². The van der Waals surface area contributed by atoms with Crippen molar-refractivity contribution in [2.75, 3.05) is 18.0 Å². The molecule has 1 aliphatic rings. The van der Waals surface area contributed by atoms with Gasteiger partial charge in [-0.2, -0.15) is 4.31 Å². The lowest BCUT2D eigenvalue weighted by molar-refractivity contribution is -0.123. The summed E-state index contributed by atoms with van der Waals surface area (Å²) in [7, 11) is -3.61. The summed E-state index contributed by atoms with van der Waals surface area (Å²) in [5, 5.41) is 0.649. The van der Waals surface area contributed by atoms with E-state index in [-0.39, 0.29) is 29.1 Å². The smallest absolute Gasteiger partial charge is 0.252 e. The largest absolute Gasteiger partial charge is 0.283 e. The molecule has 0 atom stereocenters. The zero-order valence-electron chi connectivity index (χ0n) is 19.8. The van der Waals surface area contributed by atoms with E-state index in [0.29, 0.717) is 28.9 Å². The summed E-state index contributed by atoms with van der Waals surface area (Å²) in [5.74, 6) is -0.335. The van der Waals surface area contributed by atoms with Gasteiger partial charge < -0.3 is 0 Å². The van der Waals surface area contributed by atoms with Gasteiger partial charge in [0.15, 0.2) is 5.13 Å². The van der Waals surface area contributed by atoms with Gasteiger partial charge in [-0.15, -0.1) is 11.3 Å². The van der Waals surface area contributed by atoms with Crippen molar-refractivity contribution in [3.63, 3.8) is 0 Å². The van der Waals surface area contributed by atoms with Crippen molar-refractivity contribution in [2.45, 2.75) is 37.4 Å². The van der Waals surface area contributed by atoms with E-state index in [1.165, 1.54) is 21.7 Å². The van der Waals surface area contributed by atoms with Gasteiger partial charge in [-0.05, 0) is 67.6 Å². The summed E-state index contributed by atoms with van der Waals surface area (Å²) in [6.45, 7) is 5.02. The number of pyridine rings is 1. The molecule has 0 aliphatic carbocycles. The summed E-state index contributed by atoms with van der Waals surface area (Å²) < 4.78 is 29.2. The van der Waals surface area contributed by atoms with Crippen molar-refractivity contribution >= 4 is 65.6 Å². The van der Waals surface area contributed by atoms with Gasteiger partial charge in [0.25, 0.3) is 10.0 Å². The Morgan fingerprint density at radius 1 is 1.17 bits per heavy atom. The molecule has 1 aromatic carbocycles. The minimum absolute atomic E-state index is 0.0384. The molecule has 1 saturated heterocycles. The topological polar surface area (TPSA) is 83.5 Å². The van der Waals surface area contributed by atoms with Gasteiger partial charge in [-0.3, -0.25) is 14.7 Å². The molecule has 4 aromatic rings. The molecule has 11 heteroatoms. The Labute approximate surface area is 223 Å². The number of fused-ring (bicyclic) bond motifs is 1. The number of piperidine rings is 1. The van der Waals surface area contributed by atoms with Crippen molar-refractivity contribution in [2.24, 2.45) is 5.92 Å². The summed E-state index contributed by atoms with van der Waals surface area (Å²) in [5.41, 5.74) is 4.05. The summed E-state index contributed by atoms with van der Waals surface area (Å²) >= 11 is 8.52. The normalized spacial score (nSPS) is 15.4. The number of sulfonamides is 1. The maximum absolute atomic E-state index is 13.9. The first kappa shape index (κ1) is 25.3. The van der Waals surface area contributed by atoms with E-state index in [1.807, 2.05) is 25.1 Å². The Hall–Kier alpha value is -2.37. The van der Waals surface area contributed by atoms with Crippen LogP contribution in [0.5, 0.6) is 0 Å². The SMILES string of the molecule is Cc1cc(C)c2sc(N(Cc3cccnc3)C(=O)C3CCN(S(=O)(=O)c4ccc(Cl)s4)CC3)nc2c1. The molecule has 0 spiro atoms. The maximum atomic E-state index is 13.9. The molecule has 1 aliphatic heterocycles. The molecule has 3 aromatic heterocycles. The molecule has 0 saturated carbocycles. The Morgan fingerprint density at radius 2 is 1.94 bits per heavy atom. The van der Waals surface area contributed by atoms with Crippen LogP contribution in [-0.4, -0.2) is 41.7 Å². The molecule has 0 unspecified atom stereocenters. The summed E-state index contributed by atoms with van der Waals surface area (Å²) in [6, 6.07) is 11.1. The number of carbonyl (C=O) groups is 1. The van der Waals surface area contributed by atoms with E-state index < -0.39 is 10.0 Å². The Balaban J connectivity index is 1.39. The molecule has 4 heterocycles. The van der Waals surface area contributed by atoms with Gasteiger partial charge in [0.05, 0.1) is 21.1 Å². The van der Waals surface area contributed by atoms with Crippen LogP contribution >= 0.6 is 34.3 Å². The van der Waals surface area contributed by atoms with Crippen LogP contribution < -0.4 is 4.90 Å². The predicted octanol–water partition coefficient (Wildman–Crippen LogP) is 5.66. The second kappa shape index (κ2) is 10.2. The number of hydrogen-bond donors (Lipinski definition) is 0. The van der Waals surface area contributed by atoms with E-state index in [4.69, 9.17) is 16.6 Å². The number of benzene rings is 1. The summed E-state index contributed by atoms with van der Waals surface area (Å²) in [6.07, 6.45) is 4.36. The first-order valence-corrected chi connectivity index (χ1v) is 15.0. The molecule has 0 N–H and O–H groups in total. The fraction of sp³-hybridized carbons (Fsp3) is 0.320. The van der Waals surface area contributed by atoms with Gasteiger partial charge in [-0.1, -0.05) is 35.1 Å². The second-order valence-corrected chi connectivity index (χ2v) is 13.8. The van der Waals surface area contributed by atoms with Gasteiger partial charge in [0.1, 0.15) is 4.21 Å². The number of carbonyl (C=O) groups excluding carboxylic acids is 1. The number of halogens is 1. The fourth-order valence-corrected chi connectivity index (χ4v) is 8.65. The number of aryl methyl sites for hydroxylation is 2. The first-order valence-electron chi connectivity index (χ1n) is 11.6. The molecule has 5 rings (SSSR count). The fourth-order valence-electron chi connectivity index (χ4n) is 4.52. The summed E-state index contributed by atoms with van der Waals surface area (Å²) in [4.78, 5) is 24.6. The van der Waals surface area contributed by atoms with E-state index in [2.05, 4.69) is 18.0 Å². The van der Waals surface area contributed by atoms with Crippen LogP contribution in [0.3, 0.4) is 0 Å². The maximum Gasteiger partial charge on any atom is 0.252 e. The van der Waals surface area contributed by atoms with E-state index in [1.54, 1.807) is 23.4 Å². The third kappa shape index (κ3) is 5.05. The van der Waals surface area contributed by atoms with Crippen molar-refractivity contribution in [1.82, 2.24) is 14.3 Å². The molecule has 0 radical (unpaired) electrons. The molecule has 188 valence electrons. The Morgan fingerprint density at radius 3 is 2.61 bits per heavy atom. The molecule has 1 fully saturated rings. The Kier molecular flexibility index (Phi) is 7.15. The Bertz CT molecular complexity index is 1510. The zero-order chi connectivity index (χ0) is 25.4. The van der Waals surface area contributed by atoms with Gasteiger partial charge in [0, 0.05) is 31.4 Å². The highest BCUT2D eigenvalue weighted by Crippen LogP contribution is 2.35. The number of nitrogens with zero attached hydrogens (tertiary/aromatic N) is 4. The average molecular weight is 561 g/mol. The minimum Gasteiger partial charge on any atom is -0.283 e. The van der Waals surface area contributed by atoms with Gasteiger partial charge >= 0.3 is 0 Å². The number of anilines is 1. The van der Waals surface area contributed by atoms with Gasteiger partial charge in [0.2, 0.25) is 5.91 Å². The third-order valence-electron chi connectivity index (χ3n) is 6.32. The zero-order valence-corrected chi connectivity index (χ0v) is 23.1. The monoisotopic (exact) mass is 560 g/mol. The molecule has 0 bridgehead atoms.